The van der Waals surface area contributed by atoms with Crippen molar-refractivity contribution in [3.8, 4) is 0 Å². The van der Waals surface area contributed by atoms with E-state index in [1.165, 1.54) is 5.56 Å². The largest absolute Gasteiger partial charge is 0.306 e. The first-order valence-electron chi connectivity index (χ1n) is 8.71. The van der Waals surface area contributed by atoms with Crippen molar-refractivity contribution in [1.82, 2.24) is 19.4 Å². The lowest BCUT2D eigenvalue weighted by Gasteiger charge is -2.02. The molecule has 4 aromatic rings. The van der Waals surface area contributed by atoms with Gasteiger partial charge in [0.15, 0.2) is 0 Å². The summed E-state index contributed by atoms with van der Waals surface area (Å²) in [7, 11) is 0. The van der Waals surface area contributed by atoms with E-state index in [2.05, 4.69) is 47.4 Å². The van der Waals surface area contributed by atoms with E-state index < -0.39 is 0 Å². The highest BCUT2D eigenvalue weighted by Gasteiger charge is 2.08. The number of rotatable bonds is 5. The Morgan fingerprint density at radius 2 is 1.92 bits per heavy atom. The molecule has 0 aliphatic rings. The molecule has 0 saturated carbocycles. The summed E-state index contributed by atoms with van der Waals surface area (Å²) in [5.41, 5.74) is 7.31. The van der Waals surface area contributed by atoms with Crippen molar-refractivity contribution < 1.29 is 0 Å². The Morgan fingerprint density at radius 1 is 1.04 bits per heavy atom. The second-order valence-corrected chi connectivity index (χ2v) is 6.31. The molecule has 0 unspecified atom stereocenters. The number of hydrogen-bond acceptors (Lipinski definition) is 3. The van der Waals surface area contributed by atoms with Gasteiger partial charge in [-0.3, -0.25) is 9.97 Å². The van der Waals surface area contributed by atoms with Crippen molar-refractivity contribution in [2.45, 2.75) is 19.8 Å². The molecule has 26 heavy (non-hydrogen) atoms. The van der Waals surface area contributed by atoms with Crippen LogP contribution >= 0.6 is 0 Å². The molecule has 128 valence electrons. The molecule has 0 aliphatic carbocycles. The zero-order valence-corrected chi connectivity index (χ0v) is 14.8. The Labute approximate surface area is 152 Å². The quantitative estimate of drug-likeness (QED) is 0.500. The summed E-state index contributed by atoms with van der Waals surface area (Å²) in [4.78, 5) is 13.9. The molecule has 0 atom stereocenters. The van der Waals surface area contributed by atoms with E-state index in [0.717, 1.165) is 46.5 Å². The monoisotopic (exact) mass is 340 g/mol. The second-order valence-electron chi connectivity index (χ2n) is 6.31. The molecule has 4 nitrogen and oxygen atoms in total. The fourth-order valence-corrected chi connectivity index (χ4v) is 3.10. The number of allylic oxidation sites excluding steroid dienone is 2. The van der Waals surface area contributed by atoms with Gasteiger partial charge in [0.25, 0.3) is 0 Å². The summed E-state index contributed by atoms with van der Waals surface area (Å²) in [6, 6.07) is 10.1. The van der Waals surface area contributed by atoms with Crippen LogP contribution in [0.2, 0.25) is 0 Å². The summed E-state index contributed by atoms with van der Waals surface area (Å²) in [6.07, 6.45) is 13.5. The van der Waals surface area contributed by atoms with Crippen LogP contribution in [0.25, 0.3) is 22.8 Å². The van der Waals surface area contributed by atoms with Crippen molar-refractivity contribution in [1.29, 1.82) is 0 Å². The molecule has 0 N–H and O–H groups in total. The van der Waals surface area contributed by atoms with E-state index in [4.69, 9.17) is 9.97 Å². The third-order valence-corrected chi connectivity index (χ3v) is 4.48. The minimum absolute atomic E-state index is 0.851. The summed E-state index contributed by atoms with van der Waals surface area (Å²) >= 11 is 0. The molecule has 0 aliphatic heterocycles. The van der Waals surface area contributed by atoms with Crippen molar-refractivity contribution in [2.75, 3.05) is 0 Å². The van der Waals surface area contributed by atoms with Gasteiger partial charge in [0.1, 0.15) is 5.65 Å². The fourth-order valence-electron chi connectivity index (χ4n) is 3.10. The molecule has 0 aromatic carbocycles. The molecule has 4 heteroatoms. The zero-order chi connectivity index (χ0) is 17.9. The van der Waals surface area contributed by atoms with Crippen LogP contribution in [0.1, 0.15) is 22.5 Å². The highest BCUT2D eigenvalue weighted by molar-refractivity contribution is 5.73. The number of imidazole rings is 1. The molecule has 4 heterocycles. The third-order valence-electron chi connectivity index (χ3n) is 4.48. The lowest BCUT2D eigenvalue weighted by atomic mass is 10.1. The number of fused-ring (bicyclic) bond motifs is 2. The Hall–Kier alpha value is -3.27. The third kappa shape index (κ3) is 3.14. The van der Waals surface area contributed by atoms with E-state index in [9.17, 15) is 0 Å². The van der Waals surface area contributed by atoms with Crippen molar-refractivity contribution in [2.24, 2.45) is 0 Å². The lowest BCUT2D eigenvalue weighted by Crippen LogP contribution is -1.95. The van der Waals surface area contributed by atoms with Crippen LogP contribution in [0.15, 0.2) is 67.7 Å². The summed E-state index contributed by atoms with van der Waals surface area (Å²) in [5, 5.41) is 0. The van der Waals surface area contributed by atoms with Gasteiger partial charge in [-0.25, -0.2) is 4.98 Å². The van der Waals surface area contributed by atoms with E-state index in [1.807, 2.05) is 30.3 Å². The number of aromatic nitrogens is 4. The van der Waals surface area contributed by atoms with Crippen LogP contribution in [0.3, 0.4) is 0 Å². The molecule has 0 bridgehead atoms. The molecule has 4 aromatic heterocycles. The van der Waals surface area contributed by atoms with E-state index in [1.54, 1.807) is 12.3 Å². The van der Waals surface area contributed by atoms with Gasteiger partial charge in [-0.2, -0.15) is 0 Å². The van der Waals surface area contributed by atoms with Crippen LogP contribution in [0.4, 0.5) is 0 Å². The molecule has 0 amide bonds. The van der Waals surface area contributed by atoms with Gasteiger partial charge in [-0.1, -0.05) is 24.8 Å². The Bertz CT molecular complexity index is 1120. The molecule has 4 rings (SSSR count). The maximum absolute atomic E-state index is 4.84. The van der Waals surface area contributed by atoms with Crippen molar-refractivity contribution >= 4 is 22.8 Å². The van der Waals surface area contributed by atoms with Gasteiger partial charge in [-0.15, -0.1) is 0 Å². The topological polar surface area (TPSA) is 43.1 Å². The Morgan fingerprint density at radius 3 is 2.81 bits per heavy atom. The number of hydrogen-bond donors (Lipinski definition) is 0. The number of nitrogens with zero attached hydrogens (tertiary/aromatic N) is 4. The maximum Gasteiger partial charge on any atom is 0.144 e. The second kappa shape index (κ2) is 6.92. The number of aryl methyl sites for hydroxylation is 3. The van der Waals surface area contributed by atoms with Crippen molar-refractivity contribution in [3.63, 3.8) is 0 Å². The van der Waals surface area contributed by atoms with Crippen molar-refractivity contribution in [3.05, 3.63) is 90.2 Å². The normalized spacial score (nSPS) is 11.6. The van der Waals surface area contributed by atoms with Gasteiger partial charge in [0, 0.05) is 29.8 Å². The summed E-state index contributed by atoms with van der Waals surface area (Å²) < 4.78 is 2.09. The van der Waals surface area contributed by atoms with E-state index in [0.29, 0.717) is 0 Å². The first-order valence-corrected chi connectivity index (χ1v) is 8.71. The zero-order valence-electron chi connectivity index (χ0n) is 14.8. The maximum atomic E-state index is 4.84. The minimum atomic E-state index is 0.851. The average Bonchev–Trinajstić information content (AvgIpc) is 3.09. The Kier molecular flexibility index (Phi) is 4.32. The summed E-state index contributed by atoms with van der Waals surface area (Å²) in [6.45, 7) is 5.85. The van der Waals surface area contributed by atoms with Gasteiger partial charge in [0.05, 0.1) is 16.7 Å². The lowest BCUT2D eigenvalue weighted by molar-refractivity contribution is 0.896. The fraction of sp³-hybridized carbons (Fsp3) is 0.136. The van der Waals surface area contributed by atoms with E-state index in [-0.39, 0.29) is 0 Å². The van der Waals surface area contributed by atoms with Crippen LogP contribution in [-0.2, 0) is 12.8 Å². The first-order chi connectivity index (χ1) is 12.7. The van der Waals surface area contributed by atoms with Gasteiger partial charge < -0.3 is 4.40 Å². The van der Waals surface area contributed by atoms with Crippen LogP contribution < -0.4 is 0 Å². The average molecular weight is 340 g/mol. The van der Waals surface area contributed by atoms with Crippen LogP contribution in [0, 0.1) is 6.92 Å². The minimum Gasteiger partial charge on any atom is -0.306 e. The van der Waals surface area contributed by atoms with Crippen LogP contribution in [0.5, 0.6) is 0 Å². The number of pyridine rings is 3. The molecular formula is C22H20N4. The molecular weight excluding hydrogens is 320 g/mol. The first kappa shape index (κ1) is 16.2. The van der Waals surface area contributed by atoms with Crippen LogP contribution in [-0.4, -0.2) is 19.4 Å². The predicted molar refractivity (Wildman–Crippen MR) is 106 cm³/mol. The highest BCUT2D eigenvalue weighted by atomic mass is 15.0. The Balaban J connectivity index is 1.60. The van der Waals surface area contributed by atoms with E-state index >= 15 is 0 Å². The van der Waals surface area contributed by atoms with Gasteiger partial charge in [0.2, 0.25) is 0 Å². The van der Waals surface area contributed by atoms with Gasteiger partial charge in [-0.05, 0) is 55.7 Å². The predicted octanol–water partition coefficient (Wildman–Crippen LogP) is 4.57. The summed E-state index contributed by atoms with van der Waals surface area (Å²) in [5.74, 6) is 0. The standard InChI is InChI=1S/C22H20N4/c1-3-4-6-19-16(2)12-14-26-15-18(25-22(19)26)9-8-17-10-11-20-21(24-17)7-5-13-23-20/h3-7,10-15H,1,8-9H2,2H3/b6-4-. The molecule has 0 spiro atoms. The van der Waals surface area contributed by atoms with Gasteiger partial charge >= 0.3 is 0 Å². The molecule has 0 saturated heterocycles. The SMILES string of the molecule is C=C/C=C\c1c(C)ccn2cc(CCc3ccc4ncccc4n3)nc12. The smallest absolute Gasteiger partial charge is 0.144 e. The molecule has 0 fully saturated rings. The molecule has 0 radical (unpaired) electrons. The highest BCUT2D eigenvalue weighted by Crippen LogP contribution is 2.18.